The number of carbonyl (C=O) groups is 1. The first-order valence-electron chi connectivity index (χ1n) is 4.81. The van der Waals surface area contributed by atoms with Crippen molar-refractivity contribution in [1.82, 2.24) is 0 Å². The summed E-state index contributed by atoms with van der Waals surface area (Å²) in [5, 5.41) is 8.43. The van der Waals surface area contributed by atoms with E-state index in [1.165, 1.54) is 12.1 Å². The Hall–Kier alpha value is -1.23. The quantitative estimate of drug-likeness (QED) is 0.860. The third-order valence-corrected chi connectivity index (χ3v) is 3.46. The van der Waals surface area contributed by atoms with Crippen LogP contribution < -0.4 is 0 Å². The highest BCUT2D eigenvalue weighted by Gasteiger charge is 2.07. The van der Waals surface area contributed by atoms with E-state index in [1.807, 2.05) is 6.92 Å². The molecule has 5 heteroatoms. The second-order valence-electron chi connectivity index (χ2n) is 3.50. The van der Waals surface area contributed by atoms with E-state index in [0.717, 1.165) is 5.56 Å². The first kappa shape index (κ1) is 12.8. The van der Waals surface area contributed by atoms with Gasteiger partial charge in [0, 0.05) is 22.3 Å². The molecule has 0 aliphatic rings. The lowest BCUT2D eigenvalue weighted by Gasteiger charge is -2.05. The average molecular weight is 244 g/mol. The van der Waals surface area contributed by atoms with Crippen LogP contribution in [0.4, 0.5) is 4.39 Å². The van der Waals surface area contributed by atoms with Crippen LogP contribution in [-0.2, 0) is 21.3 Å². The lowest BCUT2D eigenvalue weighted by molar-refractivity contribution is -0.136. The maximum atomic E-state index is 12.9. The average Bonchev–Trinajstić information content (AvgIpc) is 2.20. The monoisotopic (exact) mass is 244 g/mol. The van der Waals surface area contributed by atoms with Crippen LogP contribution in [0.2, 0.25) is 0 Å². The zero-order valence-corrected chi connectivity index (χ0v) is 9.72. The minimum atomic E-state index is -1.26. The van der Waals surface area contributed by atoms with Crippen molar-refractivity contribution >= 4 is 16.8 Å². The van der Waals surface area contributed by atoms with Crippen molar-refractivity contribution in [3.05, 3.63) is 35.1 Å². The maximum absolute atomic E-state index is 12.9. The highest BCUT2D eigenvalue weighted by Crippen LogP contribution is 2.12. The second kappa shape index (κ2) is 5.75. The Labute approximate surface area is 95.8 Å². The van der Waals surface area contributed by atoms with Gasteiger partial charge < -0.3 is 5.11 Å². The van der Waals surface area contributed by atoms with Crippen molar-refractivity contribution in [2.75, 3.05) is 5.75 Å². The molecule has 0 saturated carbocycles. The topological polar surface area (TPSA) is 54.4 Å². The summed E-state index contributed by atoms with van der Waals surface area (Å²) in [7, 11) is -1.26. The molecule has 1 aromatic rings. The zero-order valence-electron chi connectivity index (χ0n) is 8.90. The molecule has 0 aliphatic heterocycles. The number of halogens is 1. The van der Waals surface area contributed by atoms with E-state index < -0.39 is 16.8 Å². The summed E-state index contributed by atoms with van der Waals surface area (Å²) in [6.45, 7) is 1.81. The van der Waals surface area contributed by atoms with Gasteiger partial charge in [-0.05, 0) is 30.2 Å². The summed E-state index contributed by atoms with van der Waals surface area (Å²) in [4.78, 5) is 10.3. The van der Waals surface area contributed by atoms with Crippen LogP contribution in [0, 0.1) is 12.7 Å². The summed E-state index contributed by atoms with van der Waals surface area (Å²) in [6.07, 6.45) is -0.124. The molecule has 0 spiro atoms. The van der Waals surface area contributed by atoms with Crippen LogP contribution in [0.15, 0.2) is 18.2 Å². The van der Waals surface area contributed by atoms with Crippen LogP contribution in [-0.4, -0.2) is 21.0 Å². The highest BCUT2D eigenvalue weighted by molar-refractivity contribution is 7.84. The van der Waals surface area contributed by atoms with Crippen molar-refractivity contribution in [2.45, 2.75) is 19.1 Å². The number of benzene rings is 1. The Morgan fingerprint density at radius 1 is 1.50 bits per heavy atom. The molecule has 16 heavy (non-hydrogen) atoms. The van der Waals surface area contributed by atoms with Gasteiger partial charge in [-0.15, -0.1) is 0 Å². The van der Waals surface area contributed by atoms with E-state index in [2.05, 4.69) is 0 Å². The minimum Gasteiger partial charge on any atom is -0.481 e. The highest BCUT2D eigenvalue weighted by atomic mass is 32.2. The van der Waals surface area contributed by atoms with Gasteiger partial charge in [-0.2, -0.15) is 0 Å². The Bertz CT molecular complexity index is 418. The van der Waals surface area contributed by atoms with Gasteiger partial charge in [0.05, 0.1) is 6.42 Å². The number of hydrogen-bond acceptors (Lipinski definition) is 2. The standard InChI is InChI=1S/C11H13FO3S/c1-8-2-3-10(12)6-9(8)7-16(15)5-4-11(13)14/h2-3,6H,4-5,7H2,1H3,(H,13,14). The first-order chi connectivity index (χ1) is 7.49. The summed E-state index contributed by atoms with van der Waals surface area (Å²) >= 11 is 0. The van der Waals surface area contributed by atoms with Crippen LogP contribution in [0.5, 0.6) is 0 Å². The molecule has 0 radical (unpaired) electrons. The molecule has 0 saturated heterocycles. The van der Waals surface area contributed by atoms with Crippen molar-refractivity contribution in [3.63, 3.8) is 0 Å². The molecule has 1 N–H and O–H groups in total. The lowest BCUT2D eigenvalue weighted by Crippen LogP contribution is -2.07. The van der Waals surface area contributed by atoms with Crippen molar-refractivity contribution in [3.8, 4) is 0 Å². The van der Waals surface area contributed by atoms with Gasteiger partial charge >= 0.3 is 5.97 Å². The Morgan fingerprint density at radius 2 is 2.19 bits per heavy atom. The van der Waals surface area contributed by atoms with E-state index in [4.69, 9.17) is 5.11 Å². The van der Waals surface area contributed by atoms with Gasteiger partial charge in [-0.1, -0.05) is 6.07 Å². The normalized spacial score (nSPS) is 12.4. The van der Waals surface area contributed by atoms with Gasteiger partial charge in [0.15, 0.2) is 0 Å². The van der Waals surface area contributed by atoms with Crippen molar-refractivity contribution in [1.29, 1.82) is 0 Å². The van der Waals surface area contributed by atoms with E-state index in [9.17, 15) is 13.4 Å². The molecule has 3 nitrogen and oxygen atoms in total. The fraction of sp³-hybridized carbons (Fsp3) is 0.364. The number of aliphatic carboxylic acids is 1. The molecule has 0 amide bonds. The van der Waals surface area contributed by atoms with E-state index in [-0.39, 0.29) is 23.7 Å². The summed E-state index contributed by atoms with van der Waals surface area (Å²) in [5.41, 5.74) is 1.54. The molecule has 0 bridgehead atoms. The number of carboxylic acid groups (broad SMARTS) is 1. The Morgan fingerprint density at radius 3 is 2.81 bits per heavy atom. The zero-order chi connectivity index (χ0) is 12.1. The number of hydrogen-bond donors (Lipinski definition) is 1. The van der Waals surface area contributed by atoms with E-state index in [1.54, 1.807) is 6.07 Å². The fourth-order valence-corrected chi connectivity index (χ4v) is 2.45. The molecular formula is C11H13FO3S. The van der Waals surface area contributed by atoms with Crippen LogP contribution >= 0.6 is 0 Å². The number of rotatable bonds is 5. The number of aryl methyl sites for hydroxylation is 1. The second-order valence-corrected chi connectivity index (χ2v) is 5.08. The summed E-state index contributed by atoms with van der Waals surface area (Å²) in [6, 6.07) is 4.31. The molecule has 0 aromatic heterocycles. The van der Waals surface area contributed by atoms with E-state index in [0.29, 0.717) is 5.56 Å². The van der Waals surface area contributed by atoms with Crippen molar-refractivity contribution in [2.24, 2.45) is 0 Å². The molecular weight excluding hydrogens is 231 g/mol. The third-order valence-electron chi connectivity index (χ3n) is 2.17. The number of carboxylic acids is 1. The first-order valence-corrected chi connectivity index (χ1v) is 6.29. The van der Waals surface area contributed by atoms with Crippen LogP contribution in [0.1, 0.15) is 17.5 Å². The molecule has 0 aliphatic carbocycles. The molecule has 88 valence electrons. The smallest absolute Gasteiger partial charge is 0.304 e. The molecule has 1 unspecified atom stereocenters. The van der Waals surface area contributed by atoms with Gasteiger partial charge in [0.25, 0.3) is 0 Å². The molecule has 1 atom stereocenters. The van der Waals surface area contributed by atoms with Gasteiger partial charge in [0.1, 0.15) is 5.82 Å². The SMILES string of the molecule is Cc1ccc(F)cc1CS(=O)CCC(=O)O. The third kappa shape index (κ3) is 4.10. The van der Waals surface area contributed by atoms with Gasteiger partial charge in [0.2, 0.25) is 0 Å². The maximum Gasteiger partial charge on any atom is 0.304 e. The van der Waals surface area contributed by atoms with Gasteiger partial charge in [-0.25, -0.2) is 4.39 Å². The van der Waals surface area contributed by atoms with E-state index >= 15 is 0 Å². The fourth-order valence-electron chi connectivity index (χ4n) is 1.24. The van der Waals surface area contributed by atoms with Gasteiger partial charge in [-0.3, -0.25) is 9.00 Å². The predicted molar refractivity (Wildman–Crippen MR) is 60.1 cm³/mol. The predicted octanol–water partition coefficient (Wildman–Crippen LogP) is 1.86. The Balaban J connectivity index is 2.62. The van der Waals surface area contributed by atoms with Crippen molar-refractivity contribution < 1.29 is 18.5 Å². The molecule has 0 heterocycles. The molecule has 1 rings (SSSR count). The largest absolute Gasteiger partial charge is 0.481 e. The minimum absolute atomic E-state index is 0.102. The summed E-state index contributed by atoms with van der Waals surface area (Å²) in [5.74, 6) is -1.03. The lowest BCUT2D eigenvalue weighted by atomic mass is 10.1. The van der Waals surface area contributed by atoms with Crippen LogP contribution in [0.3, 0.4) is 0 Å². The summed E-state index contributed by atoms with van der Waals surface area (Å²) < 4.78 is 24.4. The molecule has 1 aromatic carbocycles. The molecule has 0 fully saturated rings. The Kier molecular flexibility index (Phi) is 4.61. The van der Waals surface area contributed by atoms with Crippen LogP contribution in [0.25, 0.3) is 0 Å².